The Balaban J connectivity index is 1.61. The number of ether oxygens (including phenoxy) is 1. The fourth-order valence-electron chi connectivity index (χ4n) is 2.93. The zero-order chi connectivity index (χ0) is 17.8. The normalized spacial score (nSPS) is 15.8. The quantitative estimate of drug-likeness (QED) is 0.842. The first-order valence-electron chi connectivity index (χ1n) is 8.20. The van der Waals surface area contributed by atoms with Crippen molar-refractivity contribution < 1.29 is 13.7 Å². The van der Waals surface area contributed by atoms with E-state index in [0.29, 0.717) is 18.7 Å². The molecule has 1 atom stereocenters. The standard InChI is InChI=1S/C19H22N2O3S/c1-24-17-7-5-16(6-8-17)20-11-13-21(14-12-20)19(22)15-3-9-18(10-4-15)25(2)23/h3-10H,11-14H2,1-2H3. The molecule has 0 bridgehead atoms. The average Bonchev–Trinajstić information content (AvgIpc) is 2.67. The molecule has 1 aliphatic heterocycles. The first-order chi connectivity index (χ1) is 12.1. The first kappa shape index (κ1) is 17.5. The van der Waals surface area contributed by atoms with Crippen molar-refractivity contribution in [2.24, 2.45) is 0 Å². The van der Waals surface area contributed by atoms with Crippen molar-refractivity contribution in [1.29, 1.82) is 0 Å². The second kappa shape index (κ2) is 7.70. The van der Waals surface area contributed by atoms with Crippen molar-refractivity contribution in [3.05, 3.63) is 54.1 Å². The zero-order valence-electron chi connectivity index (χ0n) is 14.5. The number of carbonyl (C=O) groups is 1. The minimum Gasteiger partial charge on any atom is -0.497 e. The third-order valence-corrected chi connectivity index (χ3v) is 5.37. The Kier molecular flexibility index (Phi) is 5.38. The highest BCUT2D eigenvalue weighted by atomic mass is 32.2. The van der Waals surface area contributed by atoms with E-state index in [9.17, 15) is 9.00 Å². The highest BCUT2D eigenvalue weighted by Gasteiger charge is 2.22. The predicted molar refractivity (Wildman–Crippen MR) is 99.9 cm³/mol. The van der Waals surface area contributed by atoms with Crippen LogP contribution in [0.25, 0.3) is 0 Å². The number of anilines is 1. The molecule has 0 spiro atoms. The molecule has 132 valence electrons. The maximum atomic E-state index is 12.6. The summed E-state index contributed by atoms with van der Waals surface area (Å²) in [4.78, 5) is 17.5. The number of piperazine rings is 1. The Hall–Kier alpha value is -2.34. The van der Waals surface area contributed by atoms with Gasteiger partial charge in [-0.1, -0.05) is 0 Å². The summed E-state index contributed by atoms with van der Waals surface area (Å²) < 4.78 is 16.6. The average molecular weight is 358 g/mol. The molecule has 0 aliphatic carbocycles. The molecule has 1 aliphatic rings. The molecule has 1 saturated heterocycles. The van der Waals surface area contributed by atoms with Gasteiger partial charge in [0, 0.05) is 59.4 Å². The molecular formula is C19H22N2O3S. The molecule has 25 heavy (non-hydrogen) atoms. The van der Waals surface area contributed by atoms with Crippen molar-refractivity contribution in [2.45, 2.75) is 4.90 Å². The second-order valence-corrected chi connectivity index (χ2v) is 7.34. The van der Waals surface area contributed by atoms with Crippen LogP contribution < -0.4 is 9.64 Å². The van der Waals surface area contributed by atoms with Crippen LogP contribution in [0.5, 0.6) is 5.75 Å². The molecule has 1 unspecified atom stereocenters. The van der Waals surface area contributed by atoms with Gasteiger partial charge in [0.1, 0.15) is 5.75 Å². The monoisotopic (exact) mass is 358 g/mol. The minimum atomic E-state index is -1.02. The smallest absolute Gasteiger partial charge is 0.253 e. The number of carbonyl (C=O) groups excluding carboxylic acids is 1. The van der Waals surface area contributed by atoms with Crippen LogP contribution in [0, 0.1) is 0 Å². The largest absolute Gasteiger partial charge is 0.497 e. The van der Waals surface area contributed by atoms with Crippen LogP contribution in [-0.4, -0.2) is 54.6 Å². The Morgan fingerprint density at radius 1 is 0.960 bits per heavy atom. The highest BCUT2D eigenvalue weighted by molar-refractivity contribution is 7.84. The molecule has 5 nitrogen and oxygen atoms in total. The fourth-order valence-corrected chi connectivity index (χ4v) is 3.45. The summed E-state index contributed by atoms with van der Waals surface area (Å²) in [6, 6.07) is 15.0. The van der Waals surface area contributed by atoms with E-state index >= 15 is 0 Å². The van der Waals surface area contributed by atoms with E-state index in [2.05, 4.69) is 4.90 Å². The van der Waals surface area contributed by atoms with Gasteiger partial charge >= 0.3 is 0 Å². The molecule has 0 N–H and O–H groups in total. The summed E-state index contributed by atoms with van der Waals surface area (Å²) >= 11 is 0. The fraction of sp³-hybridized carbons (Fsp3) is 0.316. The third kappa shape index (κ3) is 4.02. The summed E-state index contributed by atoms with van der Waals surface area (Å²) in [6.07, 6.45) is 1.63. The van der Waals surface area contributed by atoms with Crippen molar-refractivity contribution in [2.75, 3.05) is 44.4 Å². The molecule has 6 heteroatoms. The lowest BCUT2D eigenvalue weighted by Gasteiger charge is -2.36. The lowest BCUT2D eigenvalue weighted by atomic mass is 10.1. The van der Waals surface area contributed by atoms with Gasteiger partial charge in [0.15, 0.2) is 0 Å². The molecule has 0 radical (unpaired) electrons. The van der Waals surface area contributed by atoms with Crippen molar-refractivity contribution >= 4 is 22.4 Å². The highest BCUT2D eigenvalue weighted by Crippen LogP contribution is 2.21. The SMILES string of the molecule is COc1ccc(N2CCN(C(=O)c3ccc(S(C)=O)cc3)CC2)cc1. The second-order valence-electron chi connectivity index (χ2n) is 5.96. The van der Waals surface area contributed by atoms with Gasteiger partial charge in [-0.15, -0.1) is 0 Å². The van der Waals surface area contributed by atoms with Gasteiger partial charge in [-0.2, -0.15) is 0 Å². The number of hydrogen-bond acceptors (Lipinski definition) is 4. The number of rotatable bonds is 4. The van der Waals surface area contributed by atoms with Gasteiger partial charge < -0.3 is 14.5 Å². The topological polar surface area (TPSA) is 49.9 Å². The van der Waals surface area contributed by atoms with Crippen LogP contribution in [0.3, 0.4) is 0 Å². The molecule has 1 heterocycles. The van der Waals surface area contributed by atoms with E-state index in [0.717, 1.165) is 29.4 Å². The van der Waals surface area contributed by atoms with Gasteiger partial charge in [0.2, 0.25) is 0 Å². The Labute approximate surface area is 150 Å². The first-order valence-corrected chi connectivity index (χ1v) is 9.76. The number of amides is 1. The van der Waals surface area contributed by atoms with E-state index in [1.807, 2.05) is 29.2 Å². The van der Waals surface area contributed by atoms with E-state index in [4.69, 9.17) is 4.74 Å². The van der Waals surface area contributed by atoms with E-state index in [-0.39, 0.29) is 5.91 Å². The molecule has 1 amide bonds. The number of hydrogen-bond donors (Lipinski definition) is 0. The van der Waals surface area contributed by atoms with Gasteiger partial charge in [0.05, 0.1) is 7.11 Å². The van der Waals surface area contributed by atoms with Crippen LogP contribution >= 0.6 is 0 Å². The Bertz CT molecular complexity index is 751. The lowest BCUT2D eigenvalue weighted by Crippen LogP contribution is -2.48. The Morgan fingerprint density at radius 2 is 1.56 bits per heavy atom. The van der Waals surface area contributed by atoms with Crippen LogP contribution in [0.2, 0.25) is 0 Å². The number of methoxy groups -OCH3 is 1. The summed E-state index contributed by atoms with van der Waals surface area (Å²) in [5.74, 6) is 0.872. The summed E-state index contributed by atoms with van der Waals surface area (Å²) in [7, 11) is 0.633. The summed E-state index contributed by atoms with van der Waals surface area (Å²) in [5.41, 5.74) is 1.79. The van der Waals surface area contributed by atoms with Crippen molar-refractivity contribution in [3.63, 3.8) is 0 Å². The third-order valence-electron chi connectivity index (χ3n) is 4.44. The van der Waals surface area contributed by atoms with Crippen molar-refractivity contribution in [1.82, 2.24) is 4.90 Å². The molecule has 0 aromatic heterocycles. The van der Waals surface area contributed by atoms with E-state index in [1.54, 1.807) is 37.6 Å². The zero-order valence-corrected chi connectivity index (χ0v) is 15.3. The Morgan fingerprint density at radius 3 is 2.08 bits per heavy atom. The van der Waals surface area contributed by atoms with Gasteiger partial charge in [-0.05, 0) is 48.5 Å². The molecule has 0 saturated carbocycles. The molecule has 2 aromatic carbocycles. The number of benzene rings is 2. The maximum Gasteiger partial charge on any atom is 0.253 e. The molecule has 1 fully saturated rings. The van der Waals surface area contributed by atoms with E-state index < -0.39 is 10.8 Å². The van der Waals surface area contributed by atoms with Gasteiger partial charge in [0.25, 0.3) is 5.91 Å². The van der Waals surface area contributed by atoms with E-state index in [1.165, 1.54) is 0 Å². The summed E-state index contributed by atoms with van der Waals surface area (Å²) in [5, 5.41) is 0. The number of nitrogens with zero attached hydrogens (tertiary/aromatic N) is 2. The van der Waals surface area contributed by atoms with Crippen LogP contribution in [0.1, 0.15) is 10.4 Å². The predicted octanol–water partition coefficient (Wildman–Crippen LogP) is 2.40. The summed E-state index contributed by atoms with van der Waals surface area (Å²) in [6.45, 7) is 2.98. The lowest BCUT2D eigenvalue weighted by molar-refractivity contribution is 0.0746. The van der Waals surface area contributed by atoms with Crippen LogP contribution in [0.4, 0.5) is 5.69 Å². The van der Waals surface area contributed by atoms with Crippen LogP contribution in [0.15, 0.2) is 53.4 Å². The molecule has 2 aromatic rings. The molecule has 3 rings (SSSR count). The van der Waals surface area contributed by atoms with Crippen LogP contribution in [-0.2, 0) is 10.8 Å². The minimum absolute atomic E-state index is 0.0304. The maximum absolute atomic E-state index is 12.6. The molecular weight excluding hydrogens is 336 g/mol. The van der Waals surface area contributed by atoms with Gasteiger partial charge in [-0.3, -0.25) is 9.00 Å². The van der Waals surface area contributed by atoms with Crippen molar-refractivity contribution in [3.8, 4) is 5.75 Å². The van der Waals surface area contributed by atoms with Gasteiger partial charge in [-0.25, -0.2) is 0 Å².